The molecule has 0 unspecified atom stereocenters. The van der Waals surface area contributed by atoms with Gasteiger partial charge in [-0.3, -0.25) is 9.78 Å². The number of methoxy groups -OCH3 is 1. The van der Waals surface area contributed by atoms with E-state index in [0.29, 0.717) is 25.3 Å². The molecule has 3 heterocycles. The van der Waals surface area contributed by atoms with E-state index in [9.17, 15) is 4.79 Å². The van der Waals surface area contributed by atoms with Crippen molar-refractivity contribution in [2.24, 2.45) is 0 Å². The van der Waals surface area contributed by atoms with Crippen molar-refractivity contribution in [3.05, 3.63) is 48.4 Å². The Hall–Kier alpha value is -2.67. The number of pyridine rings is 2. The first kappa shape index (κ1) is 19.1. The summed E-state index contributed by atoms with van der Waals surface area (Å²) in [5, 5.41) is 3.22. The number of ether oxygens (including phenoxy) is 2. The minimum absolute atomic E-state index is 0.0215. The van der Waals surface area contributed by atoms with E-state index in [1.54, 1.807) is 25.7 Å². The number of likely N-dealkylation sites (tertiary alicyclic amines) is 1. The first-order valence-corrected chi connectivity index (χ1v) is 9.31. The van der Waals surface area contributed by atoms with Gasteiger partial charge in [-0.05, 0) is 30.7 Å². The van der Waals surface area contributed by atoms with Crippen LogP contribution in [0.1, 0.15) is 29.6 Å². The van der Waals surface area contributed by atoms with E-state index in [1.165, 1.54) is 0 Å². The van der Waals surface area contributed by atoms with Crippen molar-refractivity contribution in [3.8, 4) is 5.75 Å². The minimum atomic E-state index is 0.0215. The van der Waals surface area contributed by atoms with Crippen LogP contribution in [-0.2, 0) is 4.74 Å². The Kier molecular flexibility index (Phi) is 6.98. The highest BCUT2D eigenvalue weighted by Crippen LogP contribution is 2.19. The van der Waals surface area contributed by atoms with Crippen LogP contribution in [0.3, 0.4) is 0 Å². The van der Waals surface area contributed by atoms with Gasteiger partial charge in [0.2, 0.25) is 0 Å². The average Bonchev–Trinajstić information content (AvgIpc) is 2.72. The minimum Gasteiger partial charge on any atom is -0.489 e. The number of carbonyl (C=O) groups excluding carboxylic acids is 1. The van der Waals surface area contributed by atoms with Crippen LogP contribution in [0.5, 0.6) is 5.75 Å². The van der Waals surface area contributed by atoms with E-state index in [-0.39, 0.29) is 12.0 Å². The van der Waals surface area contributed by atoms with Gasteiger partial charge in [-0.1, -0.05) is 0 Å². The average molecular weight is 370 g/mol. The van der Waals surface area contributed by atoms with E-state index < -0.39 is 0 Å². The zero-order valence-corrected chi connectivity index (χ0v) is 15.6. The fraction of sp³-hybridized carbons (Fsp3) is 0.450. The molecule has 7 nitrogen and oxygen atoms in total. The summed E-state index contributed by atoms with van der Waals surface area (Å²) in [7, 11) is 1.69. The zero-order chi connectivity index (χ0) is 18.9. The third-order valence-electron chi connectivity index (χ3n) is 4.51. The van der Waals surface area contributed by atoms with Crippen LogP contribution >= 0.6 is 0 Å². The lowest BCUT2D eigenvalue weighted by molar-refractivity contribution is 0.0594. The molecule has 1 N–H and O–H groups in total. The molecule has 1 fully saturated rings. The van der Waals surface area contributed by atoms with Gasteiger partial charge < -0.3 is 19.7 Å². The Morgan fingerprint density at radius 2 is 2.11 bits per heavy atom. The van der Waals surface area contributed by atoms with Crippen molar-refractivity contribution in [2.45, 2.75) is 25.4 Å². The quantitative estimate of drug-likeness (QED) is 0.720. The molecule has 1 aliphatic heterocycles. The second-order valence-corrected chi connectivity index (χ2v) is 6.50. The second-order valence-electron chi connectivity index (χ2n) is 6.50. The predicted octanol–water partition coefficient (Wildman–Crippen LogP) is 2.61. The molecule has 27 heavy (non-hydrogen) atoms. The molecule has 0 aliphatic carbocycles. The molecule has 1 aliphatic rings. The lowest BCUT2D eigenvalue weighted by Gasteiger charge is -2.32. The van der Waals surface area contributed by atoms with E-state index in [1.807, 2.05) is 29.2 Å². The summed E-state index contributed by atoms with van der Waals surface area (Å²) in [5.41, 5.74) is 0.615. The Balaban J connectivity index is 1.46. The summed E-state index contributed by atoms with van der Waals surface area (Å²) in [6, 6.07) is 7.43. The molecule has 0 saturated carbocycles. The topological polar surface area (TPSA) is 76.6 Å². The van der Waals surface area contributed by atoms with Crippen molar-refractivity contribution < 1.29 is 14.3 Å². The number of anilines is 1. The number of hydrogen-bond acceptors (Lipinski definition) is 6. The van der Waals surface area contributed by atoms with E-state index in [0.717, 1.165) is 37.4 Å². The van der Waals surface area contributed by atoms with Gasteiger partial charge in [0.15, 0.2) is 0 Å². The number of rotatable bonds is 8. The molecule has 1 amide bonds. The van der Waals surface area contributed by atoms with Crippen LogP contribution in [-0.4, -0.2) is 60.2 Å². The number of amides is 1. The van der Waals surface area contributed by atoms with E-state index in [2.05, 4.69) is 15.3 Å². The van der Waals surface area contributed by atoms with Gasteiger partial charge in [0.25, 0.3) is 5.91 Å². The maximum Gasteiger partial charge on any atom is 0.255 e. The molecular weight excluding hydrogens is 344 g/mol. The summed E-state index contributed by atoms with van der Waals surface area (Å²) in [6.07, 6.45) is 7.74. The van der Waals surface area contributed by atoms with Crippen LogP contribution in [0, 0.1) is 0 Å². The molecule has 144 valence electrons. The number of hydrogen-bond donors (Lipinski definition) is 1. The molecule has 0 radical (unpaired) electrons. The normalized spacial score (nSPS) is 14.8. The van der Waals surface area contributed by atoms with Crippen LogP contribution in [0.2, 0.25) is 0 Å². The summed E-state index contributed by atoms with van der Waals surface area (Å²) in [6.45, 7) is 2.87. The smallest absolute Gasteiger partial charge is 0.255 e. The molecule has 0 aromatic carbocycles. The number of aromatic nitrogens is 2. The molecule has 0 bridgehead atoms. The zero-order valence-electron chi connectivity index (χ0n) is 15.6. The lowest BCUT2D eigenvalue weighted by atomic mass is 10.1. The predicted molar refractivity (Wildman–Crippen MR) is 103 cm³/mol. The highest BCUT2D eigenvalue weighted by atomic mass is 16.5. The van der Waals surface area contributed by atoms with Gasteiger partial charge in [-0.2, -0.15) is 0 Å². The maximum absolute atomic E-state index is 12.7. The van der Waals surface area contributed by atoms with Gasteiger partial charge in [0.05, 0.1) is 11.8 Å². The molecular formula is C20H26N4O3. The van der Waals surface area contributed by atoms with Crippen LogP contribution in [0.15, 0.2) is 42.9 Å². The van der Waals surface area contributed by atoms with Gasteiger partial charge >= 0.3 is 0 Å². The van der Waals surface area contributed by atoms with Gasteiger partial charge in [0, 0.05) is 58.6 Å². The summed E-state index contributed by atoms with van der Waals surface area (Å²) in [4.78, 5) is 22.9. The Bertz CT molecular complexity index is 701. The summed E-state index contributed by atoms with van der Waals surface area (Å²) >= 11 is 0. The Morgan fingerprint density at radius 3 is 2.78 bits per heavy atom. The van der Waals surface area contributed by atoms with Crippen molar-refractivity contribution in [2.75, 3.05) is 38.7 Å². The van der Waals surface area contributed by atoms with Gasteiger partial charge in [0.1, 0.15) is 17.7 Å². The lowest BCUT2D eigenvalue weighted by Crippen LogP contribution is -2.41. The fourth-order valence-corrected chi connectivity index (χ4v) is 3.03. The fourth-order valence-electron chi connectivity index (χ4n) is 3.03. The third-order valence-corrected chi connectivity index (χ3v) is 4.51. The van der Waals surface area contributed by atoms with Gasteiger partial charge in [-0.25, -0.2) is 4.98 Å². The number of nitrogens with zero attached hydrogens (tertiary/aromatic N) is 3. The number of nitrogens with one attached hydrogen (secondary N) is 1. The van der Waals surface area contributed by atoms with Crippen molar-refractivity contribution in [1.29, 1.82) is 0 Å². The first-order chi connectivity index (χ1) is 13.3. The van der Waals surface area contributed by atoms with E-state index >= 15 is 0 Å². The molecule has 0 atom stereocenters. The van der Waals surface area contributed by atoms with Crippen molar-refractivity contribution >= 4 is 11.7 Å². The summed E-state index contributed by atoms with van der Waals surface area (Å²) < 4.78 is 10.9. The maximum atomic E-state index is 12.7. The third kappa shape index (κ3) is 5.65. The molecule has 2 aromatic rings. The molecule has 1 saturated heterocycles. The highest BCUT2D eigenvalue weighted by Gasteiger charge is 2.24. The van der Waals surface area contributed by atoms with E-state index in [4.69, 9.17) is 9.47 Å². The van der Waals surface area contributed by atoms with Gasteiger partial charge in [-0.15, -0.1) is 0 Å². The highest BCUT2D eigenvalue weighted by molar-refractivity contribution is 5.94. The first-order valence-electron chi connectivity index (χ1n) is 9.31. The Morgan fingerprint density at radius 1 is 1.26 bits per heavy atom. The van der Waals surface area contributed by atoms with Crippen molar-refractivity contribution in [1.82, 2.24) is 14.9 Å². The summed E-state index contributed by atoms with van der Waals surface area (Å²) in [5.74, 6) is 1.57. The van der Waals surface area contributed by atoms with Crippen LogP contribution < -0.4 is 10.1 Å². The molecule has 3 rings (SSSR count). The molecule has 7 heteroatoms. The molecule has 0 spiro atoms. The largest absolute Gasteiger partial charge is 0.489 e. The number of carbonyl (C=O) groups is 1. The van der Waals surface area contributed by atoms with Crippen LogP contribution in [0.25, 0.3) is 0 Å². The van der Waals surface area contributed by atoms with Crippen LogP contribution in [0.4, 0.5) is 5.82 Å². The standard InChI is InChI=1S/C20H26N4O3/c1-26-13-3-10-22-19-6-5-16(14-23-19)20(25)24-11-7-17(8-12-24)27-18-4-2-9-21-15-18/h2,4-6,9,14-15,17H,3,7-8,10-13H2,1H3,(H,22,23). The molecule has 2 aromatic heterocycles. The monoisotopic (exact) mass is 370 g/mol. The van der Waals surface area contributed by atoms with Crippen molar-refractivity contribution in [3.63, 3.8) is 0 Å². The second kappa shape index (κ2) is 9.87. The number of piperidine rings is 1. The SMILES string of the molecule is COCCCNc1ccc(C(=O)N2CCC(Oc3cccnc3)CC2)cn1. The Labute approximate surface area is 159 Å².